The van der Waals surface area contributed by atoms with Crippen molar-refractivity contribution in [2.75, 3.05) is 35.7 Å². The van der Waals surface area contributed by atoms with Gasteiger partial charge in [0.25, 0.3) is 5.69 Å². The minimum atomic E-state index is -0.357. The molecule has 6 heteroatoms. The van der Waals surface area contributed by atoms with Crippen LogP contribution in [0.5, 0.6) is 0 Å². The van der Waals surface area contributed by atoms with Gasteiger partial charge in [0.15, 0.2) is 0 Å². The van der Waals surface area contributed by atoms with Crippen molar-refractivity contribution in [3.63, 3.8) is 0 Å². The summed E-state index contributed by atoms with van der Waals surface area (Å²) in [6.07, 6.45) is 5.60. The second kappa shape index (κ2) is 9.47. The largest absolute Gasteiger partial charge is 0.385 e. The number of benzene rings is 1. The van der Waals surface area contributed by atoms with E-state index in [-0.39, 0.29) is 10.6 Å². The van der Waals surface area contributed by atoms with Gasteiger partial charge in [-0.15, -0.1) is 0 Å². The lowest BCUT2D eigenvalue weighted by Crippen LogP contribution is -2.04. The Hall–Kier alpha value is -1.43. The third kappa shape index (κ3) is 6.14. The summed E-state index contributed by atoms with van der Waals surface area (Å²) in [6, 6.07) is 5.06. The van der Waals surface area contributed by atoms with E-state index in [1.807, 2.05) is 24.8 Å². The van der Waals surface area contributed by atoms with E-state index in [1.165, 1.54) is 18.6 Å². The number of non-ortho nitro benzene ring substituents is 1. The summed E-state index contributed by atoms with van der Waals surface area (Å²) in [5, 5.41) is 17.3. The van der Waals surface area contributed by atoms with Crippen LogP contribution in [-0.2, 0) is 0 Å². The van der Waals surface area contributed by atoms with Crippen LogP contribution in [0.3, 0.4) is 0 Å². The van der Waals surface area contributed by atoms with Crippen LogP contribution in [0.15, 0.2) is 18.2 Å². The molecule has 0 bridgehead atoms. The lowest BCUT2D eigenvalue weighted by Gasteiger charge is -2.09. The van der Waals surface area contributed by atoms with Crippen LogP contribution in [-0.4, -0.2) is 30.0 Å². The summed E-state index contributed by atoms with van der Waals surface area (Å²) < 4.78 is 0. The first-order valence-electron chi connectivity index (χ1n) is 6.93. The minimum absolute atomic E-state index is 0.119. The Labute approximate surface area is 124 Å². The zero-order valence-electron chi connectivity index (χ0n) is 12.1. The fourth-order valence-corrected chi connectivity index (χ4v) is 2.40. The molecule has 0 aliphatic carbocycles. The van der Waals surface area contributed by atoms with Crippen molar-refractivity contribution in [1.29, 1.82) is 0 Å². The summed E-state index contributed by atoms with van der Waals surface area (Å²) in [6.45, 7) is 3.56. The molecule has 0 spiro atoms. The molecule has 0 amide bonds. The van der Waals surface area contributed by atoms with Gasteiger partial charge in [0, 0.05) is 36.6 Å². The van der Waals surface area contributed by atoms with Gasteiger partial charge in [-0.25, -0.2) is 0 Å². The molecule has 1 aromatic carbocycles. The van der Waals surface area contributed by atoms with E-state index in [9.17, 15) is 10.1 Å². The molecule has 0 aromatic heterocycles. The number of unbranched alkanes of at least 4 members (excludes halogenated alkanes) is 2. The molecule has 0 radical (unpaired) electrons. The first-order valence-corrected chi connectivity index (χ1v) is 8.33. The summed E-state index contributed by atoms with van der Waals surface area (Å²) >= 11 is 1.86. The molecule has 0 aliphatic rings. The fraction of sp³-hybridized carbons (Fsp3) is 0.571. The first kappa shape index (κ1) is 16.6. The maximum absolute atomic E-state index is 10.9. The number of hydrogen-bond acceptors (Lipinski definition) is 5. The molecule has 0 saturated heterocycles. The number of hydrogen-bond donors (Lipinski definition) is 2. The molecular weight excluding hydrogens is 274 g/mol. The van der Waals surface area contributed by atoms with Crippen molar-refractivity contribution in [2.45, 2.75) is 26.2 Å². The van der Waals surface area contributed by atoms with E-state index in [0.29, 0.717) is 0 Å². The number of thioether (sulfide) groups is 1. The van der Waals surface area contributed by atoms with Gasteiger partial charge in [-0.2, -0.15) is 11.8 Å². The molecule has 0 unspecified atom stereocenters. The monoisotopic (exact) mass is 297 g/mol. The Morgan fingerprint density at radius 3 is 2.45 bits per heavy atom. The topological polar surface area (TPSA) is 67.2 Å². The summed E-state index contributed by atoms with van der Waals surface area (Å²) in [5.74, 6) is 1.20. The molecule has 0 heterocycles. The van der Waals surface area contributed by atoms with Gasteiger partial charge in [-0.1, -0.05) is 6.42 Å². The van der Waals surface area contributed by atoms with Gasteiger partial charge < -0.3 is 10.6 Å². The van der Waals surface area contributed by atoms with Crippen molar-refractivity contribution in [1.82, 2.24) is 0 Å². The summed E-state index contributed by atoms with van der Waals surface area (Å²) in [7, 11) is 0. The maximum Gasteiger partial charge on any atom is 0.273 e. The van der Waals surface area contributed by atoms with Crippen molar-refractivity contribution >= 4 is 28.8 Å². The van der Waals surface area contributed by atoms with Gasteiger partial charge in [0.05, 0.1) is 4.92 Å². The Bertz CT molecular complexity index is 427. The van der Waals surface area contributed by atoms with Crippen LogP contribution in [0.25, 0.3) is 0 Å². The molecule has 1 aromatic rings. The molecular formula is C14H23N3O2S. The van der Waals surface area contributed by atoms with Crippen LogP contribution >= 0.6 is 11.8 Å². The van der Waals surface area contributed by atoms with Gasteiger partial charge in [-0.05, 0) is 37.8 Å². The lowest BCUT2D eigenvalue weighted by molar-refractivity contribution is -0.384. The van der Waals surface area contributed by atoms with Crippen LogP contribution in [0.4, 0.5) is 17.1 Å². The molecule has 5 nitrogen and oxygen atoms in total. The highest BCUT2D eigenvalue weighted by Crippen LogP contribution is 2.24. The molecule has 0 fully saturated rings. The number of rotatable bonds is 10. The maximum atomic E-state index is 10.9. The van der Waals surface area contributed by atoms with E-state index in [1.54, 1.807) is 12.1 Å². The highest BCUT2D eigenvalue weighted by Gasteiger charge is 2.09. The van der Waals surface area contributed by atoms with Crippen molar-refractivity contribution < 1.29 is 4.92 Å². The van der Waals surface area contributed by atoms with Gasteiger partial charge in [0.1, 0.15) is 0 Å². The Kier molecular flexibility index (Phi) is 7.87. The first-order chi connectivity index (χ1) is 9.67. The minimum Gasteiger partial charge on any atom is -0.385 e. The second-order valence-electron chi connectivity index (χ2n) is 4.54. The van der Waals surface area contributed by atoms with E-state index >= 15 is 0 Å². The van der Waals surface area contributed by atoms with E-state index in [4.69, 9.17) is 0 Å². The summed E-state index contributed by atoms with van der Waals surface area (Å²) in [5.41, 5.74) is 1.71. The Balaban J connectivity index is 2.53. The van der Waals surface area contributed by atoms with Crippen LogP contribution in [0.2, 0.25) is 0 Å². The molecule has 0 atom stereocenters. The Morgan fingerprint density at radius 1 is 1.15 bits per heavy atom. The SMILES string of the molecule is CCNc1cc(NCCCCCSC)cc([N+](=O)[O-])c1. The lowest BCUT2D eigenvalue weighted by atomic mass is 10.2. The average Bonchev–Trinajstić information content (AvgIpc) is 2.43. The standard InChI is InChI=1S/C14H23N3O2S/c1-3-15-12-9-13(11-14(10-12)17(18)19)16-7-5-4-6-8-20-2/h9-11,15-16H,3-8H2,1-2H3. The smallest absolute Gasteiger partial charge is 0.273 e. The van der Waals surface area contributed by atoms with Crippen LogP contribution in [0, 0.1) is 10.1 Å². The third-order valence-electron chi connectivity index (χ3n) is 2.86. The van der Waals surface area contributed by atoms with Crippen LogP contribution < -0.4 is 10.6 Å². The average molecular weight is 297 g/mol. The molecule has 0 saturated carbocycles. The number of nitrogens with one attached hydrogen (secondary N) is 2. The Morgan fingerprint density at radius 2 is 1.85 bits per heavy atom. The number of nitro benzene ring substituents is 1. The fourth-order valence-electron chi connectivity index (χ4n) is 1.91. The van der Waals surface area contributed by atoms with Crippen LogP contribution in [0.1, 0.15) is 26.2 Å². The van der Waals surface area contributed by atoms with Crippen molar-refractivity contribution in [3.8, 4) is 0 Å². The molecule has 20 heavy (non-hydrogen) atoms. The van der Waals surface area contributed by atoms with Gasteiger partial charge in [0.2, 0.25) is 0 Å². The van der Waals surface area contributed by atoms with Crippen molar-refractivity contribution in [2.24, 2.45) is 0 Å². The highest BCUT2D eigenvalue weighted by molar-refractivity contribution is 7.98. The molecule has 1 rings (SSSR count). The zero-order valence-corrected chi connectivity index (χ0v) is 13.0. The predicted molar refractivity (Wildman–Crippen MR) is 88.0 cm³/mol. The highest BCUT2D eigenvalue weighted by atomic mass is 32.2. The number of nitrogens with zero attached hydrogens (tertiary/aromatic N) is 1. The molecule has 0 aliphatic heterocycles. The van der Waals surface area contributed by atoms with Crippen molar-refractivity contribution in [3.05, 3.63) is 28.3 Å². The summed E-state index contributed by atoms with van der Waals surface area (Å²) in [4.78, 5) is 10.5. The number of anilines is 2. The van der Waals surface area contributed by atoms with Gasteiger partial charge >= 0.3 is 0 Å². The third-order valence-corrected chi connectivity index (χ3v) is 3.56. The molecule has 2 N–H and O–H groups in total. The quantitative estimate of drug-likeness (QED) is 0.388. The second-order valence-corrected chi connectivity index (χ2v) is 5.52. The van der Waals surface area contributed by atoms with E-state index < -0.39 is 0 Å². The van der Waals surface area contributed by atoms with E-state index in [2.05, 4.69) is 16.9 Å². The van der Waals surface area contributed by atoms with Gasteiger partial charge in [-0.3, -0.25) is 10.1 Å². The molecule has 112 valence electrons. The number of nitro groups is 1. The zero-order chi connectivity index (χ0) is 14.8. The predicted octanol–water partition coefficient (Wildman–Crippen LogP) is 3.97. The normalized spacial score (nSPS) is 10.3. The van der Waals surface area contributed by atoms with E-state index in [0.717, 1.165) is 30.9 Å².